The van der Waals surface area contributed by atoms with Crippen LogP contribution >= 0.6 is 0 Å². The summed E-state index contributed by atoms with van der Waals surface area (Å²) >= 11 is 0. The van der Waals surface area contributed by atoms with E-state index in [0.717, 1.165) is 25.7 Å². The summed E-state index contributed by atoms with van der Waals surface area (Å²) < 4.78 is 5.15. The predicted molar refractivity (Wildman–Crippen MR) is 76.7 cm³/mol. The Morgan fingerprint density at radius 3 is 2.57 bits per heavy atom. The minimum atomic E-state index is -0.747. The third kappa shape index (κ3) is 4.42. The van der Waals surface area contributed by atoms with E-state index in [1.165, 1.54) is 0 Å². The number of aromatic nitrogens is 2. The molecular weight excluding hydrogens is 272 g/mol. The van der Waals surface area contributed by atoms with Crippen LogP contribution in [-0.4, -0.2) is 33.4 Å². The van der Waals surface area contributed by atoms with Gasteiger partial charge in [-0.05, 0) is 12.8 Å². The molecule has 1 saturated carbocycles. The summed E-state index contributed by atoms with van der Waals surface area (Å²) in [6, 6.07) is -0.336. The second-order valence-electron chi connectivity index (χ2n) is 6.73. The van der Waals surface area contributed by atoms with Gasteiger partial charge in [0.15, 0.2) is 5.82 Å². The van der Waals surface area contributed by atoms with E-state index in [9.17, 15) is 9.90 Å². The summed E-state index contributed by atoms with van der Waals surface area (Å²) in [5.41, 5.74) is -0.956. The van der Waals surface area contributed by atoms with Gasteiger partial charge in [-0.15, -0.1) is 0 Å². The molecule has 1 heterocycles. The van der Waals surface area contributed by atoms with Gasteiger partial charge in [0, 0.05) is 12.0 Å². The van der Waals surface area contributed by atoms with Crippen molar-refractivity contribution in [3.05, 3.63) is 11.7 Å². The molecule has 0 radical (unpaired) electrons. The molecule has 0 aromatic carbocycles. The Hall–Kier alpha value is -1.63. The fraction of sp³-hybridized carbons (Fsp3) is 0.786. The average Bonchev–Trinajstić information content (AvgIpc) is 3.03. The van der Waals surface area contributed by atoms with E-state index in [0.29, 0.717) is 11.7 Å². The maximum absolute atomic E-state index is 11.7. The molecule has 1 aliphatic carbocycles. The summed E-state index contributed by atoms with van der Waals surface area (Å²) in [7, 11) is 0. The van der Waals surface area contributed by atoms with Gasteiger partial charge in [-0.3, -0.25) is 0 Å². The number of hydrogen-bond donors (Lipinski definition) is 3. The third-order valence-corrected chi connectivity index (χ3v) is 3.63. The molecule has 118 valence electrons. The average molecular weight is 296 g/mol. The number of nitrogens with one attached hydrogen (secondary N) is 2. The lowest BCUT2D eigenvalue weighted by Crippen LogP contribution is -2.44. The predicted octanol–water partition coefficient (Wildman–Crippen LogP) is 1.47. The SMILES string of the molecule is CC(C)(C)c1nc(CNC(=O)NCC2(O)CCCC2)no1. The molecule has 3 N–H and O–H groups in total. The van der Waals surface area contributed by atoms with Gasteiger partial charge < -0.3 is 20.3 Å². The topological polar surface area (TPSA) is 100 Å². The van der Waals surface area contributed by atoms with Crippen LogP contribution in [0.25, 0.3) is 0 Å². The molecular formula is C14H24N4O3. The monoisotopic (exact) mass is 296 g/mol. The zero-order valence-corrected chi connectivity index (χ0v) is 12.9. The van der Waals surface area contributed by atoms with E-state index >= 15 is 0 Å². The summed E-state index contributed by atoms with van der Waals surface area (Å²) in [5, 5.41) is 19.3. The Kier molecular flexibility index (Phi) is 4.51. The Balaban J connectivity index is 1.75. The van der Waals surface area contributed by atoms with Gasteiger partial charge in [0.2, 0.25) is 5.89 Å². The van der Waals surface area contributed by atoms with E-state index < -0.39 is 5.60 Å². The molecule has 0 atom stereocenters. The van der Waals surface area contributed by atoms with Crippen LogP contribution in [0.4, 0.5) is 4.79 Å². The maximum Gasteiger partial charge on any atom is 0.315 e. The van der Waals surface area contributed by atoms with Gasteiger partial charge in [0.25, 0.3) is 0 Å². The molecule has 1 fully saturated rings. The first-order valence-corrected chi connectivity index (χ1v) is 7.36. The van der Waals surface area contributed by atoms with Crippen molar-refractivity contribution >= 4 is 6.03 Å². The zero-order chi connectivity index (χ0) is 15.5. The smallest absolute Gasteiger partial charge is 0.315 e. The zero-order valence-electron chi connectivity index (χ0n) is 12.9. The molecule has 1 aromatic rings. The summed E-state index contributed by atoms with van der Waals surface area (Å²) in [6.07, 6.45) is 3.51. The summed E-state index contributed by atoms with van der Waals surface area (Å²) in [5.74, 6) is 0.981. The number of aliphatic hydroxyl groups is 1. The molecule has 1 aliphatic rings. The normalized spacial score (nSPS) is 17.7. The van der Waals surface area contributed by atoms with Crippen LogP contribution in [0.1, 0.15) is 58.2 Å². The number of rotatable bonds is 4. The molecule has 0 spiro atoms. The lowest BCUT2D eigenvalue weighted by atomic mass is 9.97. The first-order chi connectivity index (χ1) is 9.78. The van der Waals surface area contributed by atoms with Crippen LogP contribution in [0.5, 0.6) is 0 Å². The highest BCUT2D eigenvalue weighted by Gasteiger charge is 2.31. The number of nitrogens with zero attached hydrogens (tertiary/aromatic N) is 2. The van der Waals surface area contributed by atoms with Crippen molar-refractivity contribution in [3.63, 3.8) is 0 Å². The van der Waals surface area contributed by atoms with Crippen molar-refractivity contribution in [1.82, 2.24) is 20.8 Å². The fourth-order valence-corrected chi connectivity index (χ4v) is 2.31. The lowest BCUT2D eigenvalue weighted by Gasteiger charge is -2.22. The highest BCUT2D eigenvalue weighted by atomic mass is 16.5. The largest absolute Gasteiger partial charge is 0.388 e. The van der Waals surface area contributed by atoms with Crippen molar-refractivity contribution < 1.29 is 14.4 Å². The summed E-state index contributed by atoms with van der Waals surface area (Å²) in [4.78, 5) is 15.9. The van der Waals surface area contributed by atoms with E-state index in [4.69, 9.17) is 4.52 Å². The molecule has 2 amide bonds. The molecule has 0 bridgehead atoms. The van der Waals surface area contributed by atoms with Crippen LogP contribution in [0, 0.1) is 0 Å². The standard InChI is InChI=1S/C14H24N4O3/c1-13(2,3)11-17-10(18-21-11)8-15-12(19)16-9-14(20)6-4-5-7-14/h20H,4-9H2,1-3H3,(H2,15,16,19). The lowest BCUT2D eigenvalue weighted by molar-refractivity contribution is 0.0501. The van der Waals surface area contributed by atoms with Gasteiger partial charge in [-0.25, -0.2) is 4.79 Å². The van der Waals surface area contributed by atoms with E-state index in [1.54, 1.807) is 0 Å². The molecule has 1 aromatic heterocycles. The van der Waals surface area contributed by atoms with Crippen LogP contribution in [-0.2, 0) is 12.0 Å². The van der Waals surface area contributed by atoms with Gasteiger partial charge >= 0.3 is 6.03 Å². The van der Waals surface area contributed by atoms with Gasteiger partial charge in [-0.2, -0.15) is 4.98 Å². The quantitative estimate of drug-likeness (QED) is 0.781. The molecule has 0 saturated heterocycles. The fourth-order valence-electron chi connectivity index (χ4n) is 2.31. The van der Waals surface area contributed by atoms with Crippen molar-refractivity contribution in [2.75, 3.05) is 6.54 Å². The molecule has 0 unspecified atom stereocenters. The van der Waals surface area contributed by atoms with E-state index in [2.05, 4.69) is 20.8 Å². The van der Waals surface area contributed by atoms with Crippen LogP contribution < -0.4 is 10.6 Å². The Labute approximate surface area is 124 Å². The minimum absolute atomic E-state index is 0.198. The van der Waals surface area contributed by atoms with Gasteiger partial charge in [0.05, 0.1) is 12.1 Å². The highest BCUT2D eigenvalue weighted by molar-refractivity contribution is 5.73. The van der Waals surface area contributed by atoms with E-state index in [1.807, 2.05) is 20.8 Å². The number of carbonyl (C=O) groups is 1. The Morgan fingerprint density at radius 1 is 1.33 bits per heavy atom. The Bertz CT molecular complexity index is 487. The maximum atomic E-state index is 11.7. The second kappa shape index (κ2) is 6.01. The first kappa shape index (κ1) is 15.8. The second-order valence-corrected chi connectivity index (χ2v) is 6.73. The number of amides is 2. The number of urea groups is 1. The first-order valence-electron chi connectivity index (χ1n) is 7.36. The minimum Gasteiger partial charge on any atom is -0.388 e. The molecule has 7 nitrogen and oxygen atoms in total. The van der Waals surface area contributed by atoms with Crippen molar-refractivity contribution in [2.24, 2.45) is 0 Å². The van der Waals surface area contributed by atoms with Gasteiger partial charge in [0.1, 0.15) is 0 Å². The van der Waals surface area contributed by atoms with Crippen molar-refractivity contribution in [3.8, 4) is 0 Å². The molecule has 21 heavy (non-hydrogen) atoms. The van der Waals surface area contributed by atoms with Crippen molar-refractivity contribution in [2.45, 2.75) is 64.0 Å². The molecule has 2 rings (SSSR count). The number of carbonyl (C=O) groups excluding carboxylic acids is 1. The number of hydrogen-bond acceptors (Lipinski definition) is 5. The van der Waals surface area contributed by atoms with Crippen LogP contribution in [0.3, 0.4) is 0 Å². The van der Waals surface area contributed by atoms with Crippen LogP contribution in [0.15, 0.2) is 4.52 Å². The Morgan fingerprint density at radius 2 is 2.00 bits per heavy atom. The molecule has 0 aliphatic heterocycles. The third-order valence-electron chi connectivity index (χ3n) is 3.63. The van der Waals surface area contributed by atoms with Gasteiger partial charge in [-0.1, -0.05) is 38.8 Å². The molecule has 7 heteroatoms. The van der Waals surface area contributed by atoms with Crippen LogP contribution in [0.2, 0.25) is 0 Å². The van der Waals surface area contributed by atoms with E-state index in [-0.39, 0.29) is 24.5 Å². The summed E-state index contributed by atoms with van der Waals surface area (Å²) in [6.45, 7) is 6.41. The highest BCUT2D eigenvalue weighted by Crippen LogP contribution is 2.28. The van der Waals surface area contributed by atoms with Crippen molar-refractivity contribution in [1.29, 1.82) is 0 Å².